The number of carbonyl (C=O) groups is 1. The van der Waals surface area contributed by atoms with Gasteiger partial charge in [0, 0.05) is 19.0 Å². The molecule has 15 heavy (non-hydrogen) atoms. The van der Waals surface area contributed by atoms with Gasteiger partial charge in [-0.1, -0.05) is 6.42 Å². The van der Waals surface area contributed by atoms with E-state index < -0.39 is 0 Å². The molecule has 2 N–H and O–H groups in total. The summed E-state index contributed by atoms with van der Waals surface area (Å²) in [6, 6.07) is 2.52. The van der Waals surface area contributed by atoms with Gasteiger partial charge in [0.2, 0.25) is 5.91 Å². The third kappa shape index (κ3) is 5.38. The molecule has 1 heterocycles. The quantitative estimate of drug-likeness (QED) is 0.662. The zero-order valence-electron chi connectivity index (χ0n) is 9.09. The lowest BCUT2D eigenvalue weighted by atomic mass is 10.0. The van der Waals surface area contributed by atoms with E-state index in [2.05, 4.69) is 10.6 Å². The van der Waals surface area contributed by atoms with Crippen LogP contribution in [0.25, 0.3) is 0 Å². The lowest BCUT2D eigenvalue weighted by Gasteiger charge is -2.22. The van der Waals surface area contributed by atoms with Gasteiger partial charge >= 0.3 is 0 Å². The molecule has 4 nitrogen and oxygen atoms in total. The first-order chi connectivity index (χ1) is 7.33. The van der Waals surface area contributed by atoms with Crippen molar-refractivity contribution in [2.75, 3.05) is 13.1 Å². The van der Waals surface area contributed by atoms with Crippen LogP contribution in [0.15, 0.2) is 0 Å². The summed E-state index contributed by atoms with van der Waals surface area (Å²) in [5.41, 5.74) is 0. The van der Waals surface area contributed by atoms with Crippen molar-refractivity contribution in [2.24, 2.45) is 0 Å². The van der Waals surface area contributed by atoms with E-state index in [1.54, 1.807) is 0 Å². The highest BCUT2D eigenvalue weighted by molar-refractivity contribution is 5.75. The molecule has 0 aromatic carbocycles. The van der Waals surface area contributed by atoms with Gasteiger partial charge in [0.15, 0.2) is 0 Å². The predicted octanol–water partition coefficient (Wildman–Crippen LogP) is 0.939. The Morgan fingerprint density at radius 1 is 1.53 bits per heavy atom. The third-order valence-electron chi connectivity index (χ3n) is 2.69. The van der Waals surface area contributed by atoms with Gasteiger partial charge in [0.05, 0.1) is 12.5 Å². The van der Waals surface area contributed by atoms with Gasteiger partial charge in [-0.15, -0.1) is 0 Å². The number of carbonyl (C=O) groups excluding carboxylic acids is 1. The molecule has 1 aliphatic rings. The second-order valence-electron chi connectivity index (χ2n) is 3.94. The van der Waals surface area contributed by atoms with Crippen molar-refractivity contribution >= 4 is 5.91 Å². The first kappa shape index (κ1) is 12.0. The Morgan fingerprint density at radius 2 is 2.40 bits per heavy atom. The Labute approximate surface area is 91.0 Å². The first-order valence-corrected chi connectivity index (χ1v) is 5.70. The van der Waals surface area contributed by atoms with Crippen LogP contribution in [0.2, 0.25) is 0 Å². The molecule has 1 aliphatic heterocycles. The van der Waals surface area contributed by atoms with Gasteiger partial charge in [-0.2, -0.15) is 5.26 Å². The predicted molar refractivity (Wildman–Crippen MR) is 58.1 cm³/mol. The summed E-state index contributed by atoms with van der Waals surface area (Å²) in [6.07, 6.45) is 5.60. The van der Waals surface area contributed by atoms with E-state index in [1.807, 2.05) is 6.07 Å². The SMILES string of the molecule is N#CCCNC(=O)CCC1CCCCN1. The summed E-state index contributed by atoms with van der Waals surface area (Å²) in [5.74, 6) is 0.0672. The fraction of sp³-hybridized carbons (Fsp3) is 0.818. The molecule has 84 valence electrons. The van der Waals surface area contributed by atoms with E-state index in [-0.39, 0.29) is 5.91 Å². The van der Waals surface area contributed by atoms with E-state index in [9.17, 15) is 4.79 Å². The maximum atomic E-state index is 11.3. The fourth-order valence-electron chi connectivity index (χ4n) is 1.82. The van der Waals surface area contributed by atoms with Gasteiger partial charge in [-0.3, -0.25) is 4.79 Å². The second kappa shape index (κ2) is 7.24. The molecular weight excluding hydrogens is 190 g/mol. The van der Waals surface area contributed by atoms with Gasteiger partial charge in [0.1, 0.15) is 0 Å². The number of nitrogens with one attached hydrogen (secondary N) is 2. The number of rotatable bonds is 5. The number of nitrogens with zero attached hydrogens (tertiary/aromatic N) is 1. The molecule has 1 rings (SSSR count). The van der Waals surface area contributed by atoms with Crippen molar-refractivity contribution < 1.29 is 4.79 Å². The van der Waals surface area contributed by atoms with Crippen LogP contribution in [0.1, 0.15) is 38.5 Å². The number of hydrogen-bond donors (Lipinski definition) is 2. The molecule has 4 heteroatoms. The molecule has 0 spiro atoms. The van der Waals surface area contributed by atoms with Crippen LogP contribution in [0.5, 0.6) is 0 Å². The molecule has 0 aromatic heterocycles. The lowest BCUT2D eigenvalue weighted by Crippen LogP contribution is -2.35. The second-order valence-corrected chi connectivity index (χ2v) is 3.94. The van der Waals surface area contributed by atoms with Gasteiger partial charge < -0.3 is 10.6 Å². The smallest absolute Gasteiger partial charge is 0.220 e. The normalized spacial score (nSPS) is 20.6. The molecule has 1 amide bonds. The van der Waals surface area contributed by atoms with Crippen molar-refractivity contribution in [3.63, 3.8) is 0 Å². The summed E-state index contributed by atoms with van der Waals surface area (Å²) < 4.78 is 0. The summed E-state index contributed by atoms with van der Waals surface area (Å²) in [7, 11) is 0. The molecular formula is C11H19N3O. The van der Waals surface area contributed by atoms with Crippen LogP contribution in [0.4, 0.5) is 0 Å². The van der Waals surface area contributed by atoms with Crippen LogP contribution in [-0.2, 0) is 4.79 Å². The summed E-state index contributed by atoms with van der Waals surface area (Å²) in [4.78, 5) is 11.3. The molecule has 1 saturated heterocycles. The van der Waals surface area contributed by atoms with Crippen molar-refractivity contribution in [3.05, 3.63) is 0 Å². The summed E-state index contributed by atoms with van der Waals surface area (Å²) in [5, 5.41) is 14.4. The highest BCUT2D eigenvalue weighted by atomic mass is 16.1. The molecule has 0 aromatic rings. The minimum atomic E-state index is 0.0672. The minimum absolute atomic E-state index is 0.0672. The highest BCUT2D eigenvalue weighted by Gasteiger charge is 2.13. The molecule has 0 radical (unpaired) electrons. The zero-order chi connectivity index (χ0) is 10.9. The molecule has 0 saturated carbocycles. The van der Waals surface area contributed by atoms with Crippen LogP contribution >= 0.6 is 0 Å². The maximum absolute atomic E-state index is 11.3. The number of amides is 1. The lowest BCUT2D eigenvalue weighted by molar-refractivity contribution is -0.121. The Kier molecular flexibility index (Phi) is 5.79. The van der Waals surface area contributed by atoms with Gasteiger partial charge in [-0.25, -0.2) is 0 Å². The first-order valence-electron chi connectivity index (χ1n) is 5.70. The largest absolute Gasteiger partial charge is 0.355 e. The zero-order valence-corrected chi connectivity index (χ0v) is 9.09. The maximum Gasteiger partial charge on any atom is 0.220 e. The van der Waals surface area contributed by atoms with Crippen molar-refractivity contribution in [3.8, 4) is 6.07 Å². The van der Waals surface area contributed by atoms with Crippen LogP contribution < -0.4 is 10.6 Å². The fourth-order valence-corrected chi connectivity index (χ4v) is 1.82. The van der Waals surface area contributed by atoms with Gasteiger partial charge in [0.25, 0.3) is 0 Å². The topological polar surface area (TPSA) is 64.9 Å². The molecule has 1 unspecified atom stereocenters. The van der Waals surface area contributed by atoms with E-state index in [4.69, 9.17) is 5.26 Å². The Bertz CT molecular complexity index is 228. The minimum Gasteiger partial charge on any atom is -0.355 e. The van der Waals surface area contributed by atoms with Crippen LogP contribution in [0, 0.1) is 11.3 Å². The standard InChI is InChI=1S/C11H19N3O/c12-7-3-9-14-11(15)6-5-10-4-1-2-8-13-10/h10,13H,1-6,8-9H2,(H,14,15). The molecule has 1 fully saturated rings. The Balaban J connectivity index is 2.03. The average Bonchev–Trinajstić information content (AvgIpc) is 2.28. The van der Waals surface area contributed by atoms with E-state index in [0.29, 0.717) is 25.4 Å². The van der Waals surface area contributed by atoms with Crippen molar-refractivity contribution in [1.29, 1.82) is 5.26 Å². The highest BCUT2D eigenvalue weighted by Crippen LogP contribution is 2.11. The Morgan fingerprint density at radius 3 is 3.07 bits per heavy atom. The number of hydrogen-bond acceptors (Lipinski definition) is 3. The Hall–Kier alpha value is -1.08. The van der Waals surface area contributed by atoms with E-state index in [0.717, 1.165) is 13.0 Å². The number of nitriles is 1. The molecule has 1 atom stereocenters. The monoisotopic (exact) mass is 209 g/mol. The van der Waals surface area contributed by atoms with Gasteiger partial charge in [-0.05, 0) is 25.8 Å². The van der Waals surface area contributed by atoms with Crippen LogP contribution in [-0.4, -0.2) is 25.0 Å². The molecule has 0 aliphatic carbocycles. The van der Waals surface area contributed by atoms with Crippen molar-refractivity contribution in [1.82, 2.24) is 10.6 Å². The van der Waals surface area contributed by atoms with E-state index >= 15 is 0 Å². The third-order valence-corrected chi connectivity index (χ3v) is 2.69. The summed E-state index contributed by atoms with van der Waals surface area (Å²) >= 11 is 0. The summed E-state index contributed by atoms with van der Waals surface area (Å²) in [6.45, 7) is 1.56. The average molecular weight is 209 g/mol. The number of piperidine rings is 1. The van der Waals surface area contributed by atoms with Crippen molar-refractivity contribution in [2.45, 2.75) is 44.6 Å². The molecule has 0 bridgehead atoms. The van der Waals surface area contributed by atoms with Crippen LogP contribution in [0.3, 0.4) is 0 Å². The van der Waals surface area contributed by atoms with E-state index in [1.165, 1.54) is 19.3 Å².